The third kappa shape index (κ3) is 50.8. The fraction of sp³-hybridized carbons (Fsp3) is 0.617. The number of esters is 3. The van der Waals surface area contributed by atoms with Crippen LogP contribution in [0, 0.1) is 0 Å². The predicted octanol–water partition coefficient (Wildman–Crippen LogP) is 16.0. The summed E-state index contributed by atoms with van der Waals surface area (Å²) >= 11 is 0. The van der Waals surface area contributed by atoms with Gasteiger partial charge in [-0.1, -0.05) is 174 Å². The lowest BCUT2D eigenvalue weighted by molar-refractivity contribution is -0.161. The Kier molecular flexibility index (Phi) is 50.1. The number of aliphatic hydroxyl groups is 1. The Bertz CT molecular complexity index is 1670. The van der Waals surface area contributed by atoms with Gasteiger partial charge in [0.2, 0.25) is 0 Å². The van der Waals surface area contributed by atoms with Crippen LogP contribution in [0.4, 0.5) is 0 Å². The van der Waals surface area contributed by atoms with Gasteiger partial charge in [-0.05, 0) is 128 Å². The molecule has 72 heavy (non-hydrogen) atoms. The average Bonchev–Trinajstić information content (AvgIpc) is 3.37. The van der Waals surface area contributed by atoms with Crippen LogP contribution in [0.3, 0.4) is 0 Å². The van der Waals surface area contributed by atoms with Gasteiger partial charge in [-0.2, -0.15) is 0 Å². The Labute approximate surface area is 437 Å². The van der Waals surface area contributed by atoms with Gasteiger partial charge in [-0.15, -0.1) is 0 Å². The number of allylic oxidation sites excluding steroid dienone is 20. The molecule has 0 heterocycles. The van der Waals surface area contributed by atoms with E-state index >= 15 is 0 Å². The van der Waals surface area contributed by atoms with E-state index in [9.17, 15) is 28.9 Å². The van der Waals surface area contributed by atoms with Gasteiger partial charge < -0.3 is 24.2 Å². The highest BCUT2D eigenvalue weighted by atomic mass is 31.2. The second kappa shape index (κ2) is 53.2. The van der Waals surface area contributed by atoms with Crippen LogP contribution in [0.25, 0.3) is 0 Å². The van der Waals surface area contributed by atoms with Crippen LogP contribution in [0.1, 0.15) is 201 Å². The van der Waals surface area contributed by atoms with Crippen LogP contribution < -0.4 is 0 Å². The Morgan fingerprint density at radius 3 is 1.14 bits per heavy atom. The summed E-state index contributed by atoms with van der Waals surface area (Å²) in [5.74, 6) is -1.59. The molecule has 0 saturated carbocycles. The van der Waals surface area contributed by atoms with E-state index in [-0.39, 0.29) is 25.9 Å². The number of ether oxygens (including phenoxy) is 3. The van der Waals surface area contributed by atoms with Crippen molar-refractivity contribution < 1.29 is 52.2 Å². The predicted molar refractivity (Wildman–Crippen MR) is 297 cm³/mol. The smallest absolute Gasteiger partial charge is 0.462 e. The molecule has 3 atom stereocenters. The lowest BCUT2D eigenvalue weighted by Gasteiger charge is -2.21. The third-order valence-corrected chi connectivity index (χ3v) is 11.8. The summed E-state index contributed by atoms with van der Waals surface area (Å²) in [6.45, 7) is 4.25. The van der Waals surface area contributed by atoms with Crippen molar-refractivity contribution in [1.82, 2.24) is 0 Å². The van der Waals surface area contributed by atoms with Crippen LogP contribution >= 0.6 is 7.82 Å². The van der Waals surface area contributed by atoms with Gasteiger partial charge in [0.15, 0.2) is 6.10 Å². The molecule has 0 bridgehead atoms. The zero-order valence-corrected chi connectivity index (χ0v) is 45.7. The molecule has 0 spiro atoms. The number of hydrogen-bond donors (Lipinski definition) is 2. The molecule has 2 N–H and O–H groups in total. The van der Waals surface area contributed by atoms with Gasteiger partial charge in [-0.3, -0.25) is 23.4 Å². The highest BCUT2D eigenvalue weighted by molar-refractivity contribution is 7.47. The molecule has 12 heteroatoms. The Balaban J connectivity index is 4.87. The summed E-state index contributed by atoms with van der Waals surface area (Å²) in [5.41, 5.74) is 0. The number of hydrogen-bond acceptors (Lipinski definition) is 10. The summed E-state index contributed by atoms with van der Waals surface area (Å²) < 4.78 is 39.3. The summed E-state index contributed by atoms with van der Waals surface area (Å²) in [7, 11) is -4.78. The maximum absolute atomic E-state index is 12.9. The second-order valence-corrected chi connectivity index (χ2v) is 19.1. The topological polar surface area (TPSA) is 155 Å². The molecule has 0 rings (SSSR count). The number of carbonyl (C=O) groups excluding carboxylic acids is 3. The van der Waals surface area contributed by atoms with Gasteiger partial charge in [0, 0.05) is 19.3 Å². The number of unbranched alkanes of at least 4 members (excludes halogenated alkanes) is 12. The molecule has 0 aromatic heterocycles. The first-order valence-electron chi connectivity index (χ1n) is 27.4. The molecule has 408 valence electrons. The van der Waals surface area contributed by atoms with Crippen LogP contribution in [-0.4, -0.2) is 66.5 Å². The minimum atomic E-state index is -4.78. The Hall–Kier alpha value is -4.12. The molecule has 0 aromatic carbocycles. The quantitative estimate of drug-likeness (QED) is 0.0197. The summed E-state index contributed by atoms with van der Waals surface area (Å²) in [6, 6.07) is 0. The fourth-order valence-corrected chi connectivity index (χ4v) is 7.50. The second-order valence-electron chi connectivity index (χ2n) is 17.6. The van der Waals surface area contributed by atoms with E-state index in [1.807, 2.05) is 0 Å². The van der Waals surface area contributed by atoms with E-state index in [0.29, 0.717) is 19.3 Å². The summed E-state index contributed by atoms with van der Waals surface area (Å²) in [4.78, 5) is 48.4. The lowest BCUT2D eigenvalue weighted by Crippen LogP contribution is -2.30. The molecule has 11 nitrogen and oxygen atoms in total. The van der Waals surface area contributed by atoms with Gasteiger partial charge in [0.05, 0.1) is 19.8 Å². The lowest BCUT2D eigenvalue weighted by atomic mass is 10.1. The molecule has 0 fully saturated rings. The Morgan fingerprint density at radius 1 is 0.403 bits per heavy atom. The van der Waals surface area contributed by atoms with Crippen molar-refractivity contribution in [1.29, 1.82) is 0 Å². The molecule has 0 amide bonds. The number of phosphoric acid groups is 1. The number of aliphatic hydroxyl groups excluding tert-OH is 1. The fourth-order valence-electron chi connectivity index (χ4n) is 6.72. The van der Waals surface area contributed by atoms with Crippen molar-refractivity contribution >= 4 is 25.7 Å². The van der Waals surface area contributed by atoms with E-state index in [1.165, 1.54) is 19.3 Å². The van der Waals surface area contributed by atoms with Crippen LogP contribution in [0.5, 0.6) is 0 Å². The zero-order valence-electron chi connectivity index (χ0n) is 44.8. The van der Waals surface area contributed by atoms with E-state index in [1.54, 1.807) is 0 Å². The number of phosphoric ester groups is 1. The van der Waals surface area contributed by atoms with Crippen molar-refractivity contribution in [2.45, 2.75) is 213 Å². The normalized spacial score (nSPS) is 14.3. The van der Waals surface area contributed by atoms with Crippen LogP contribution in [0.15, 0.2) is 122 Å². The van der Waals surface area contributed by atoms with Crippen LogP contribution in [-0.2, 0) is 42.2 Å². The molecule has 0 radical (unpaired) electrons. The highest BCUT2D eigenvalue weighted by Crippen LogP contribution is 2.43. The monoisotopic (exact) mass is 1020 g/mol. The average molecular weight is 1030 g/mol. The molecule has 0 aromatic rings. The summed E-state index contributed by atoms with van der Waals surface area (Å²) in [5, 5.41) is 9.79. The molecule has 3 unspecified atom stereocenters. The SMILES string of the molecule is CC/C=C\C/C=C\C/C=C\C/C=C\CCCCC(=O)OC(CO)COP(=O)(O)OCC(COC(=O)CCCCCCC/C=C\C/C=C\CCCCC)OC(=O)CCCC/C=C\C/C=C\C/C=C\C/C=C\CC. The highest BCUT2D eigenvalue weighted by Gasteiger charge is 2.28. The van der Waals surface area contributed by atoms with Crippen molar-refractivity contribution in [2.75, 3.05) is 26.4 Å². The van der Waals surface area contributed by atoms with Gasteiger partial charge in [0.25, 0.3) is 0 Å². The van der Waals surface area contributed by atoms with Crippen molar-refractivity contribution in [3.05, 3.63) is 122 Å². The van der Waals surface area contributed by atoms with Crippen molar-refractivity contribution in [3.8, 4) is 0 Å². The van der Waals surface area contributed by atoms with E-state index in [2.05, 4.69) is 142 Å². The van der Waals surface area contributed by atoms with E-state index in [0.717, 1.165) is 122 Å². The zero-order chi connectivity index (χ0) is 52.7. The number of rotatable bonds is 49. The minimum absolute atomic E-state index is 0.102. The first-order chi connectivity index (χ1) is 35.2. The molecule has 0 saturated heterocycles. The largest absolute Gasteiger partial charge is 0.472 e. The van der Waals surface area contributed by atoms with Gasteiger partial charge in [-0.25, -0.2) is 4.57 Å². The molecular formula is C60H97O11P. The maximum atomic E-state index is 12.9. The van der Waals surface area contributed by atoms with Crippen LogP contribution in [0.2, 0.25) is 0 Å². The van der Waals surface area contributed by atoms with Gasteiger partial charge >= 0.3 is 25.7 Å². The molecule has 0 aliphatic heterocycles. The first-order valence-corrected chi connectivity index (χ1v) is 28.9. The van der Waals surface area contributed by atoms with Gasteiger partial charge in [0.1, 0.15) is 12.7 Å². The summed E-state index contributed by atoms with van der Waals surface area (Å²) in [6.07, 6.45) is 64.5. The molecular weight excluding hydrogens is 928 g/mol. The van der Waals surface area contributed by atoms with E-state index < -0.39 is 57.8 Å². The third-order valence-electron chi connectivity index (χ3n) is 10.8. The molecule has 0 aliphatic rings. The number of carbonyl (C=O) groups is 3. The molecule has 0 aliphatic carbocycles. The van der Waals surface area contributed by atoms with Crippen molar-refractivity contribution in [2.24, 2.45) is 0 Å². The Morgan fingerprint density at radius 2 is 0.722 bits per heavy atom. The van der Waals surface area contributed by atoms with E-state index in [4.69, 9.17) is 23.3 Å². The standard InChI is InChI=1S/C60H97O11P/c1-4-7-10-13-16-19-22-25-28-31-34-37-40-43-46-49-58(62)67-53-57(71-60(64)51-48-45-42-39-36-33-30-27-24-21-18-15-12-9-6-3)55-69-72(65,66)68-54-56(52-61)70-59(63)50-47-44-41-38-35-32-29-26-23-20-17-14-11-8-5-2/h8-9,11-12,16-21,25-30,35-36,38-39,56-57,61H,4-7,10,13-15,22-24,31-34,37,40-55H2,1-3H3,(H,65,66)/b11-8-,12-9-,19-16-,20-17-,21-18-,28-25-,29-26-,30-27-,38-35-,39-36-. The minimum Gasteiger partial charge on any atom is -0.462 e. The first kappa shape index (κ1) is 67.9. The maximum Gasteiger partial charge on any atom is 0.472 e. The van der Waals surface area contributed by atoms with Crippen molar-refractivity contribution in [3.63, 3.8) is 0 Å².